The predicted octanol–water partition coefficient (Wildman–Crippen LogP) is 6.29. The highest BCUT2D eigenvalue weighted by molar-refractivity contribution is 7.92. The number of benzene rings is 3. The Bertz CT molecular complexity index is 1290. The number of sulfonamides is 1. The average Bonchev–Trinajstić information content (AvgIpc) is 2.79. The van der Waals surface area contributed by atoms with E-state index in [2.05, 4.69) is 36.6 Å². The highest BCUT2D eigenvalue weighted by Crippen LogP contribution is 2.36. The molecule has 4 rings (SSSR count). The molecule has 0 saturated heterocycles. The first-order valence-corrected chi connectivity index (χ1v) is 13.1. The molecule has 3 aromatic carbocycles. The first-order valence-electron chi connectivity index (χ1n) is 11.3. The van der Waals surface area contributed by atoms with Gasteiger partial charge in [-0.3, -0.25) is 4.31 Å². The monoisotopic (exact) mass is 497 g/mol. The third kappa shape index (κ3) is 5.08. The number of anilines is 3. The van der Waals surface area contributed by atoms with Crippen LogP contribution >= 0.6 is 12.2 Å². The molecule has 0 aliphatic carbocycles. The van der Waals surface area contributed by atoms with Crippen LogP contribution in [0.15, 0.2) is 71.6 Å². The molecule has 0 radical (unpaired) electrons. The maximum atomic E-state index is 13.7. The van der Waals surface area contributed by atoms with Crippen LogP contribution in [0.2, 0.25) is 0 Å². The summed E-state index contributed by atoms with van der Waals surface area (Å²) in [5.74, 6) is 0.0954. The van der Waals surface area contributed by atoms with E-state index in [1.54, 1.807) is 30.3 Å². The minimum atomic E-state index is -3.81. The van der Waals surface area contributed by atoms with E-state index in [4.69, 9.17) is 12.2 Å². The quantitative estimate of drug-likeness (QED) is 0.406. The smallest absolute Gasteiger partial charge is 0.264 e. The lowest BCUT2D eigenvalue weighted by molar-refractivity contribution is 0.560. The minimum absolute atomic E-state index is 0.172. The fourth-order valence-electron chi connectivity index (χ4n) is 4.12. The van der Waals surface area contributed by atoms with Gasteiger partial charge < -0.3 is 10.6 Å². The third-order valence-corrected chi connectivity index (χ3v) is 8.16. The number of hydrogen-bond acceptors (Lipinski definition) is 3. The number of rotatable bonds is 5. The highest BCUT2D eigenvalue weighted by Gasteiger charge is 2.34. The summed E-state index contributed by atoms with van der Waals surface area (Å²) in [5.41, 5.74) is 4.03. The molecule has 0 saturated carbocycles. The number of nitrogens with zero attached hydrogens (tertiary/aromatic N) is 1. The summed E-state index contributed by atoms with van der Waals surface area (Å²) in [6, 6.07) is 18.6. The van der Waals surface area contributed by atoms with E-state index in [0.29, 0.717) is 40.8 Å². The molecule has 1 aliphatic heterocycles. The lowest BCUT2D eigenvalue weighted by atomic mass is 9.99. The Hall–Kier alpha value is -2.97. The van der Waals surface area contributed by atoms with E-state index in [1.165, 1.54) is 22.0 Å². The molecule has 8 heteroatoms. The van der Waals surface area contributed by atoms with Crippen LogP contribution in [0.1, 0.15) is 44.2 Å². The van der Waals surface area contributed by atoms with Crippen LogP contribution in [0.4, 0.5) is 21.5 Å². The minimum Gasteiger partial charge on any atom is -0.332 e. The molecule has 0 bridgehead atoms. The van der Waals surface area contributed by atoms with Crippen molar-refractivity contribution >= 4 is 44.4 Å². The summed E-state index contributed by atoms with van der Waals surface area (Å²) in [4.78, 5) is 0.172. The summed E-state index contributed by atoms with van der Waals surface area (Å²) in [6.45, 7) is 6.16. The summed E-state index contributed by atoms with van der Waals surface area (Å²) in [5, 5.41) is 6.64. The van der Waals surface area contributed by atoms with Crippen LogP contribution in [0.25, 0.3) is 0 Å². The molecule has 3 aromatic rings. The molecule has 0 fully saturated rings. The summed E-state index contributed by atoms with van der Waals surface area (Å²) >= 11 is 5.40. The second-order valence-electron chi connectivity index (χ2n) is 8.84. The fourth-order valence-corrected chi connectivity index (χ4v) is 6.08. The molecule has 1 aliphatic rings. The number of fused-ring (bicyclic) bond motifs is 1. The largest absolute Gasteiger partial charge is 0.332 e. The van der Waals surface area contributed by atoms with Gasteiger partial charge in [-0.2, -0.15) is 0 Å². The van der Waals surface area contributed by atoms with Gasteiger partial charge in [0.1, 0.15) is 5.82 Å². The summed E-state index contributed by atoms with van der Waals surface area (Å²) < 4.78 is 42.0. The Morgan fingerprint density at radius 2 is 1.59 bits per heavy atom. The van der Waals surface area contributed by atoms with Crippen LogP contribution in [-0.4, -0.2) is 19.6 Å². The SMILES string of the molecule is CC(C)c1ccc(NC(=S)Nc2ccc(S(=O)(=O)N3c4ccc(F)cc4CC[C@H]3C)cc2)cc1. The second kappa shape index (κ2) is 9.72. The van der Waals surface area contributed by atoms with Crippen LogP contribution in [0, 0.1) is 5.82 Å². The van der Waals surface area contributed by atoms with E-state index in [1.807, 2.05) is 19.1 Å². The maximum Gasteiger partial charge on any atom is 0.264 e. The molecule has 0 amide bonds. The van der Waals surface area contributed by atoms with Crippen LogP contribution in [0.3, 0.4) is 0 Å². The van der Waals surface area contributed by atoms with Gasteiger partial charge in [0.25, 0.3) is 10.0 Å². The van der Waals surface area contributed by atoms with Gasteiger partial charge in [0.15, 0.2) is 5.11 Å². The molecule has 1 atom stereocenters. The van der Waals surface area contributed by atoms with E-state index >= 15 is 0 Å². The molecule has 1 heterocycles. The molecule has 178 valence electrons. The van der Waals surface area contributed by atoms with E-state index in [0.717, 1.165) is 5.69 Å². The molecule has 0 unspecified atom stereocenters. The van der Waals surface area contributed by atoms with Gasteiger partial charge >= 0.3 is 0 Å². The Morgan fingerprint density at radius 3 is 2.18 bits per heavy atom. The number of aryl methyl sites for hydroxylation is 1. The van der Waals surface area contributed by atoms with Crippen molar-refractivity contribution in [3.05, 3.63) is 83.7 Å². The van der Waals surface area contributed by atoms with E-state index in [-0.39, 0.29) is 16.8 Å². The normalized spacial score (nSPS) is 15.7. The molecule has 34 heavy (non-hydrogen) atoms. The maximum absolute atomic E-state index is 13.7. The third-order valence-electron chi connectivity index (χ3n) is 6.01. The first-order chi connectivity index (χ1) is 16.1. The Morgan fingerprint density at radius 1 is 1.00 bits per heavy atom. The van der Waals surface area contributed by atoms with Crippen molar-refractivity contribution in [2.24, 2.45) is 0 Å². The molecule has 0 spiro atoms. The van der Waals surface area contributed by atoms with Gasteiger partial charge in [0, 0.05) is 17.4 Å². The average molecular weight is 498 g/mol. The van der Waals surface area contributed by atoms with Crippen molar-refractivity contribution in [3.63, 3.8) is 0 Å². The van der Waals surface area contributed by atoms with Crippen molar-refractivity contribution in [2.45, 2.75) is 50.5 Å². The molecule has 2 N–H and O–H groups in total. The van der Waals surface area contributed by atoms with Crippen molar-refractivity contribution in [1.82, 2.24) is 0 Å². The zero-order chi connectivity index (χ0) is 24.5. The van der Waals surface area contributed by atoms with E-state index < -0.39 is 10.0 Å². The molecule has 5 nitrogen and oxygen atoms in total. The number of thiocarbonyl (C=S) groups is 1. The lowest BCUT2D eigenvalue weighted by Crippen LogP contribution is -2.42. The topological polar surface area (TPSA) is 61.4 Å². The van der Waals surface area contributed by atoms with Crippen molar-refractivity contribution in [2.75, 3.05) is 14.9 Å². The first kappa shape index (κ1) is 24.2. The van der Waals surface area contributed by atoms with Crippen molar-refractivity contribution < 1.29 is 12.8 Å². The van der Waals surface area contributed by atoms with Crippen LogP contribution < -0.4 is 14.9 Å². The van der Waals surface area contributed by atoms with Crippen molar-refractivity contribution in [1.29, 1.82) is 0 Å². The predicted molar refractivity (Wildman–Crippen MR) is 141 cm³/mol. The number of nitrogens with one attached hydrogen (secondary N) is 2. The summed E-state index contributed by atoms with van der Waals surface area (Å²) in [6.07, 6.45) is 1.28. The zero-order valence-corrected chi connectivity index (χ0v) is 21.0. The van der Waals surface area contributed by atoms with Gasteiger partial charge in [-0.25, -0.2) is 12.8 Å². The van der Waals surface area contributed by atoms with Gasteiger partial charge in [-0.1, -0.05) is 26.0 Å². The number of halogens is 1. The molecular formula is C26H28FN3O2S2. The molecule has 0 aromatic heterocycles. The van der Waals surface area contributed by atoms with E-state index in [9.17, 15) is 12.8 Å². The zero-order valence-electron chi connectivity index (χ0n) is 19.4. The Kier molecular flexibility index (Phi) is 6.91. The van der Waals surface area contributed by atoms with Gasteiger partial charge in [-0.15, -0.1) is 0 Å². The highest BCUT2D eigenvalue weighted by atomic mass is 32.2. The Balaban J connectivity index is 1.48. The van der Waals surface area contributed by atoms with Gasteiger partial charge in [-0.05, 0) is 104 Å². The molecular weight excluding hydrogens is 469 g/mol. The number of hydrogen-bond donors (Lipinski definition) is 2. The second-order valence-corrected chi connectivity index (χ2v) is 11.1. The van der Waals surface area contributed by atoms with Gasteiger partial charge in [0.2, 0.25) is 0 Å². The fraction of sp³-hybridized carbons (Fsp3) is 0.269. The standard InChI is InChI=1S/C26H28FN3O2S2/c1-17(2)19-6-9-22(10-7-19)28-26(33)29-23-11-13-24(14-12-23)34(31,32)30-18(3)4-5-20-16-21(27)8-15-25(20)30/h6-18H,4-5H2,1-3H3,(H2,28,29,33)/t18-/m1/s1. The van der Waals surface area contributed by atoms with Gasteiger partial charge in [0.05, 0.1) is 10.6 Å². The van der Waals surface area contributed by atoms with Crippen LogP contribution in [0.5, 0.6) is 0 Å². The van der Waals surface area contributed by atoms with Crippen molar-refractivity contribution in [3.8, 4) is 0 Å². The Labute approximate surface area is 206 Å². The van der Waals surface area contributed by atoms with Crippen LogP contribution in [-0.2, 0) is 16.4 Å². The lowest BCUT2D eigenvalue weighted by Gasteiger charge is -2.36. The summed E-state index contributed by atoms with van der Waals surface area (Å²) in [7, 11) is -3.81.